The normalized spacial score (nSPS) is 10.0. The summed E-state index contributed by atoms with van der Waals surface area (Å²) < 4.78 is 0.683. The van der Waals surface area contributed by atoms with E-state index in [2.05, 4.69) is 26.6 Å². The highest BCUT2D eigenvalue weighted by molar-refractivity contribution is 9.10. The summed E-state index contributed by atoms with van der Waals surface area (Å²) in [6.07, 6.45) is 0. The molecule has 0 radical (unpaired) electrons. The number of ketones is 1. The molecule has 21 heavy (non-hydrogen) atoms. The van der Waals surface area contributed by atoms with Crippen molar-refractivity contribution >= 4 is 50.7 Å². The Balaban J connectivity index is 2.08. The minimum absolute atomic E-state index is 0.0560. The van der Waals surface area contributed by atoms with E-state index in [1.54, 1.807) is 42.5 Å². The van der Waals surface area contributed by atoms with Gasteiger partial charge in [0.2, 0.25) is 0 Å². The van der Waals surface area contributed by atoms with Gasteiger partial charge in [-0.1, -0.05) is 23.7 Å². The zero-order chi connectivity index (χ0) is 15.4. The summed E-state index contributed by atoms with van der Waals surface area (Å²) in [7, 11) is 0. The standard InChI is InChI=1S/C15H12BrClN2O2/c1-9(20)10-3-2-4-12(7-10)18-15(21)19-14-6-5-11(17)8-13(14)16/h2-8H,1H3,(H2,18,19,21). The van der Waals surface area contributed by atoms with Crippen molar-refractivity contribution in [2.75, 3.05) is 10.6 Å². The maximum Gasteiger partial charge on any atom is 0.323 e. The number of anilines is 2. The van der Waals surface area contributed by atoms with Crippen LogP contribution in [0.1, 0.15) is 17.3 Å². The number of urea groups is 1. The van der Waals surface area contributed by atoms with Crippen molar-refractivity contribution in [2.24, 2.45) is 0 Å². The molecule has 2 rings (SSSR count). The Morgan fingerprint density at radius 1 is 1.10 bits per heavy atom. The lowest BCUT2D eigenvalue weighted by molar-refractivity contribution is 0.101. The second-order valence-corrected chi connectivity index (χ2v) is 5.63. The van der Waals surface area contributed by atoms with Crippen molar-refractivity contribution in [1.82, 2.24) is 0 Å². The van der Waals surface area contributed by atoms with Crippen molar-refractivity contribution in [3.63, 3.8) is 0 Å². The number of hydrogen-bond donors (Lipinski definition) is 2. The molecule has 0 spiro atoms. The molecular formula is C15H12BrClN2O2. The van der Waals surface area contributed by atoms with Crippen LogP contribution in [0.15, 0.2) is 46.9 Å². The molecule has 2 amide bonds. The Morgan fingerprint density at radius 3 is 2.52 bits per heavy atom. The van der Waals surface area contributed by atoms with E-state index >= 15 is 0 Å². The number of amides is 2. The van der Waals surface area contributed by atoms with Crippen LogP contribution in [0.4, 0.5) is 16.2 Å². The van der Waals surface area contributed by atoms with Gasteiger partial charge in [-0.05, 0) is 53.2 Å². The number of carbonyl (C=O) groups is 2. The minimum atomic E-state index is -0.404. The lowest BCUT2D eigenvalue weighted by Gasteiger charge is -2.10. The van der Waals surface area contributed by atoms with Gasteiger partial charge in [-0.3, -0.25) is 4.79 Å². The molecule has 108 valence electrons. The van der Waals surface area contributed by atoms with Crippen LogP contribution in [-0.2, 0) is 0 Å². The van der Waals surface area contributed by atoms with Crippen molar-refractivity contribution < 1.29 is 9.59 Å². The van der Waals surface area contributed by atoms with Crippen molar-refractivity contribution in [2.45, 2.75) is 6.92 Å². The van der Waals surface area contributed by atoms with Crippen molar-refractivity contribution in [1.29, 1.82) is 0 Å². The summed E-state index contributed by atoms with van der Waals surface area (Å²) in [4.78, 5) is 23.2. The highest BCUT2D eigenvalue weighted by atomic mass is 79.9. The Kier molecular flexibility index (Phi) is 4.98. The quantitative estimate of drug-likeness (QED) is 0.754. The van der Waals surface area contributed by atoms with Gasteiger partial charge in [-0.25, -0.2) is 4.79 Å². The van der Waals surface area contributed by atoms with E-state index in [4.69, 9.17) is 11.6 Å². The van der Waals surface area contributed by atoms with E-state index in [0.29, 0.717) is 26.4 Å². The third-order valence-electron chi connectivity index (χ3n) is 2.71. The van der Waals surface area contributed by atoms with Crippen LogP contribution < -0.4 is 10.6 Å². The van der Waals surface area contributed by atoms with Crippen LogP contribution in [0.3, 0.4) is 0 Å². The lowest BCUT2D eigenvalue weighted by Crippen LogP contribution is -2.19. The number of halogens is 2. The monoisotopic (exact) mass is 366 g/mol. The second-order valence-electron chi connectivity index (χ2n) is 4.34. The van der Waals surface area contributed by atoms with E-state index < -0.39 is 6.03 Å². The third-order valence-corrected chi connectivity index (χ3v) is 3.60. The van der Waals surface area contributed by atoms with E-state index in [0.717, 1.165) is 0 Å². The number of nitrogens with one attached hydrogen (secondary N) is 2. The van der Waals surface area contributed by atoms with Crippen LogP contribution in [-0.4, -0.2) is 11.8 Å². The summed E-state index contributed by atoms with van der Waals surface area (Å²) in [5, 5.41) is 5.94. The highest BCUT2D eigenvalue weighted by Crippen LogP contribution is 2.26. The molecule has 6 heteroatoms. The molecule has 0 aliphatic rings. The van der Waals surface area contributed by atoms with Gasteiger partial charge < -0.3 is 10.6 Å². The first kappa shape index (κ1) is 15.5. The van der Waals surface area contributed by atoms with E-state index in [-0.39, 0.29) is 5.78 Å². The lowest BCUT2D eigenvalue weighted by atomic mass is 10.1. The molecule has 2 aromatic carbocycles. The molecular weight excluding hydrogens is 356 g/mol. The average molecular weight is 368 g/mol. The van der Waals surface area contributed by atoms with Crippen LogP contribution in [0.2, 0.25) is 5.02 Å². The summed E-state index contributed by atoms with van der Waals surface area (Å²) in [6.45, 7) is 1.48. The van der Waals surface area contributed by atoms with E-state index in [1.165, 1.54) is 6.92 Å². The number of benzene rings is 2. The first-order valence-corrected chi connectivity index (χ1v) is 7.27. The fourth-order valence-electron chi connectivity index (χ4n) is 1.69. The minimum Gasteiger partial charge on any atom is -0.308 e. The zero-order valence-electron chi connectivity index (χ0n) is 11.1. The number of carbonyl (C=O) groups excluding carboxylic acids is 2. The summed E-state index contributed by atoms with van der Waals surface area (Å²) >= 11 is 9.16. The first-order chi connectivity index (χ1) is 9.95. The van der Waals surface area contributed by atoms with Crippen LogP contribution in [0, 0.1) is 0 Å². The maximum absolute atomic E-state index is 11.9. The Morgan fingerprint density at radius 2 is 1.86 bits per heavy atom. The topological polar surface area (TPSA) is 58.2 Å². The van der Waals surface area contributed by atoms with E-state index in [1.807, 2.05) is 0 Å². The van der Waals surface area contributed by atoms with Crippen molar-refractivity contribution in [3.8, 4) is 0 Å². The molecule has 0 aliphatic carbocycles. The number of rotatable bonds is 3. The van der Waals surface area contributed by atoms with Gasteiger partial charge in [0.25, 0.3) is 0 Å². The molecule has 0 saturated heterocycles. The summed E-state index contributed by atoms with van der Waals surface area (Å²) in [5.41, 5.74) is 1.69. The third kappa shape index (κ3) is 4.31. The zero-order valence-corrected chi connectivity index (χ0v) is 13.5. The fraction of sp³-hybridized carbons (Fsp3) is 0.0667. The van der Waals surface area contributed by atoms with Crippen LogP contribution >= 0.6 is 27.5 Å². The molecule has 2 N–H and O–H groups in total. The van der Waals surface area contributed by atoms with Crippen LogP contribution in [0.5, 0.6) is 0 Å². The smallest absolute Gasteiger partial charge is 0.308 e. The Bertz CT molecular complexity index is 704. The average Bonchev–Trinajstić information content (AvgIpc) is 2.42. The molecule has 0 aromatic heterocycles. The van der Waals surface area contributed by atoms with Gasteiger partial charge in [0.05, 0.1) is 5.69 Å². The molecule has 0 bridgehead atoms. The molecule has 0 saturated carbocycles. The molecule has 0 fully saturated rings. The molecule has 2 aromatic rings. The highest BCUT2D eigenvalue weighted by Gasteiger charge is 2.07. The predicted molar refractivity (Wildman–Crippen MR) is 88.2 cm³/mol. The summed E-state index contributed by atoms with van der Waals surface area (Å²) in [6, 6.07) is 11.4. The van der Waals surface area contributed by atoms with Crippen molar-refractivity contribution in [3.05, 3.63) is 57.5 Å². The number of hydrogen-bond acceptors (Lipinski definition) is 2. The molecule has 4 nitrogen and oxygen atoms in total. The Hall–Kier alpha value is -1.85. The molecule has 0 unspecified atom stereocenters. The second kappa shape index (κ2) is 6.74. The van der Waals surface area contributed by atoms with Gasteiger partial charge in [0.15, 0.2) is 5.78 Å². The van der Waals surface area contributed by atoms with Gasteiger partial charge in [-0.15, -0.1) is 0 Å². The largest absolute Gasteiger partial charge is 0.323 e. The first-order valence-electron chi connectivity index (χ1n) is 6.10. The molecule has 0 atom stereocenters. The maximum atomic E-state index is 11.9. The van der Waals surface area contributed by atoms with Gasteiger partial charge in [0, 0.05) is 20.7 Å². The van der Waals surface area contributed by atoms with Gasteiger partial charge >= 0.3 is 6.03 Å². The Labute approximate surface area is 135 Å². The fourth-order valence-corrected chi connectivity index (χ4v) is 2.47. The van der Waals surface area contributed by atoms with Gasteiger partial charge in [-0.2, -0.15) is 0 Å². The van der Waals surface area contributed by atoms with Crippen LogP contribution in [0.25, 0.3) is 0 Å². The molecule has 0 heterocycles. The SMILES string of the molecule is CC(=O)c1cccc(NC(=O)Nc2ccc(Cl)cc2Br)c1. The predicted octanol–water partition coefficient (Wildman–Crippen LogP) is 4.95. The molecule has 0 aliphatic heterocycles. The van der Waals surface area contributed by atoms with Gasteiger partial charge in [0.1, 0.15) is 0 Å². The van der Waals surface area contributed by atoms with E-state index in [9.17, 15) is 9.59 Å². The summed E-state index contributed by atoms with van der Waals surface area (Å²) in [5.74, 6) is -0.0560. The number of Topliss-reactive ketones (excluding diaryl/α,β-unsaturated/α-hetero) is 1.